The topological polar surface area (TPSA) is 207 Å². The predicted octanol–water partition coefficient (Wildman–Crippen LogP) is 0.808. The molecule has 0 aliphatic carbocycles. The molecule has 4 aromatic rings. The number of amides is 4. The number of hydrogen-bond acceptors (Lipinski definition) is 12. The average molecular weight is 617 g/mol. The number of fused-ring (bicyclic) bond motifs is 2. The fourth-order valence-corrected chi connectivity index (χ4v) is 5.77. The van der Waals surface area contributed by atoms with Crippen LogP contribution in [-0.4, -0.2) is 116 Å². The van der Waals surface area contributed by atoms with Crippen LogP contribution in [0.15, 0.2) is 47.2 Å². The highest BCUT2D eigenvalue weighted by molar-refractivity contribution is 6.13. The van der Waals surface area contributed by atoms with E-state index in [1.54, 1.807) is 39.9 Å². The Kier molecular flexibility index (Phi) is 8.95. The maximum absolute atomic E-state index is 13.3. The quantitative estimate of drug-likeness (QED) is 0.203. The number of benzene rings is 1. The highest BCUT2D eigenvalue weighted by Crippen LogP contribution is 2.29. The first-order chi connectivity index (χ1) is 21.9. The number of likely N-dealkylation sites (tertiary alicyclic amines) is 1. The Bertz CT molecular complexity index is 1690. The molecule has 1 aromatic carbocycles. The molecule has 2 aliphatic rings. The Morgan fingerprint density at radius 3 is 2.67 bits per heavy atom. The molecule has 0 radical (unpaired) electrons. The second-order valence-corrected chi connectivity index (χ2v) is 11.1. The minimum Gasteiger partial charge on any atom is -0.423 e. The largest absolute Gasteiger partial charge is 0.423 e. The smallest absolute Gasteiger partial charge is 0.329 e. The van der Waals surface area contributed by atoms with E-state index in [1.807, 2.05) is 6.08 Å². The van der Waals surface area contributed by atoms with Gasteiger partial charge in [-0.25, -0.2) is 19.4 Å². The number of aromatic nitrogens is 5. The van der Waals surface area contributed by atoms with Crippen LogP contribution in [-0.2, 0) is 4.79 Å². The van der Waals surface area contributed by atoms with E-state index in [9.17, 15) is 14.4 Å². The van der Waals surface area contributed by atoms with Crippen LogP contribution in [0.4, 0.5) is 16.6 Å². The van der Waals surface area contributed by atoms with Crippen LogP contribution in [0.3, 0.4) is 0 Å². The van der Waals surface area contributed by atoms with Crippen molar-refractivity contribution in [2.45, 2.75) is 18.9 Å². The zero-order chi connectivity index (χ0) is 31.3. The van der Waals surface area contributed by atoms with Crippen molar-refractivity contribution < 1.29 is 18.8 Å². The summed E-state index contributed by atoms with van der Waals surface area (Å²) in [6, 6.07) is 5.83. The average Bonchev–Trinajstić information content (AvgIpc) is 3.64. The summed E-state index contributed by atoms with van der Waals surface area (Å²) in [6.07, 6.45) is 6.28. The van der Waals surface area contributed by atoms with Crippen molar-refractivity contribution in [3.8, 4) is 0 Å². The summed E-state index contributed by atoms with van der Waals surface area (Å²) >= 11 is 0. The van der Waals surface area contributed by atoms with Gasteiger partial charge in [0.2, 0.25) is 5.91 Å². The first-order valence-electron chi connectivity index (χ1n) is 15.0. The molecule has 0 bridgehead atoms. The summed E-state index contributed by atoms with van der Waals surface area (Å²) in [5, 5.41) is 9.43. The van der Waals surface area contributed by atoms with Gasteiger partial charge in [-0.15, -0.1) is 0 Å². The van der Waals surface area contributed by atoms with E-state index in [0.29, 0.717) is 49.3 Å². The van der Waals surface area contributed by atoms with Crippen LogP contribution in [0.5, 0.6) is 0 Å². The maximum Gasteiger partial charge on any atom is 0.329 e. The van der Waals surface area contributed by atoms with Crippen molar-refractivity contribution in [3.05, 3.63) is 48.4 Å². The van der Waals surface area contributed by atoms with Gasteiger partial charge in [-0.05, 0) is 25.0 Å². The molecule has 4 amide bonds. The molecule has 16 heteroatoms. The number of oxazole rings is 1. The molecule has 0 saturated carbocycles. The third kappa shape index (κ3) is 6.77. The fourth-order valence-electron chi connectivity index (χ4n) is 5.77. The van der Waals surface area contributed by atoms with Gasteiger partial charge in [0.1, 0.15) is 17.7 Å². The predicted molar refractivity (Wildman–Crippen MR) is 166 cm³/mol. The lowest BCUT2D eigenvalue weighted by atomic mass is 10.1. The molecule has 236 valence electrons. The number of carbonyl (C=O) groups excluding carboxylic acids is 3. The molecule has 0 spiro atoms. The molecule has 1 atom stereocenters. The fraction of sp³-hybridized carbons (Fsp3) is 0.414. The van der Waals surface area contributed by atoms with Crippen LogP contribution in [0.1, 0.15) is 29.4 Å². The van der Waals surface area contributed by atoms with E-state index in [1.165, 1.54) is 6.33 Å². The van der Waals surface area contributed by atoms with Crippen molar-refractivity contribution in [2.24, 2.45) is 5.73 Å². The lowest BCUT2D eigenvalue weighted by Gasteiger charge is -2.34. The van der Waals surface area contributed by atoms with Crippen LogP contribution >= 0.6 is 0 Å². The Morgan fingerprint density at radius 2 is 1.87 bits per heavy atom. The van der Waals surface area contributed by atoms with E-state index >= 15 is 0 Å². The lowest BCUT2D eigenvalue weighted by Crippen LogP contribution is -2.47. The summed E-state index contributed by atoms with van der Waals surface area (Å²) in [6.45, 7) is 7.09. The number of hydrogen-bond donors (Lipinski definition) is 4. The van der Waals surface area contributed by atoms with Gasteiger partial charge in [-0.3, -0.25) is 30.0 Å². The first kappa shape index (κ1) is 30.1. The van der Waals surface area contributed by atoms with Crippen LogP contribution in [0, 0.1) is 0 Å². The van der Waals surface area contributed by atoms with Gasteiger partial charge in [0.15, 0.2) is 16.9 Å². The SMILES string of the molecule is NCCN1CCN(CC=CC(=O)N2CCC[C@@H](n3nc(C(=O)NC(=O)Nc4nc5ccccc5o4)c4c(N)ncnc43)C2)CC1. The third-order valence-electron chi connectivity index (χ3n) is 8.06. The number of nitrogens with one attached hydrogen (secondary N) is 2. The Hall–Kier alpha value is -4.93. The summed E-state index contributed by atoms with van der Waals surface area (Å²) in [5.41, 5.74) is 13.1. The number of para-hydroxylation sites is 2. The van der Waals surface area contributed by atoms with Gasteiger partial charge in [0.05, 0.1) is 11.4 Å². The highest BCUT2D eigenvalue weighted by atomic mass is 16.4. The number of urea groups is 1. The van der Waals surface area contributed by atoms with Crippen LogP contribution < -0.4 is 22.1 Å². The second-order valence-electron chi connectivity index (χ2n) is 11.1. The molecule has 0 unspecified atom stereocenters. The minimum atomic E-state index is -0.858. The molecule has 2 saturated heterocycles. The molecule has 2 fully saturated rings. The van der Waals surface area contributed by atoms with Gasteiger partial charge in [-0.1, -0.05) is 18.2 Å². The second kappa shape index (κ2) is 13.4. The van der Waals surface area contributed by atoms with E-state index in [2.05, 4.69) is 40.5 Å². The molecule has 6 rings (SSSR count). The Morgan fingerprint density at radius 1 is 1.07 bits per heavy atom. The zero-order valence-electron chi connectivity index (χ0n) is 24.8. The van der Waals surface area contributed by atoms with E-state index in [4.69, 9.17) is 15.9 Å². The number of carbonyl (C=O) groups is 3. The van der Waals surface area contributed by atoms with E-state index in [0.717, 1.165) is 39.1 Å². The van der Waals surface area contributed by atoms with Crippen molar-refractivity contribution in [3.63, 3.8) is 0 Å². The summed E-state index contributed by atoms with van der Waals surface area (Å²) in [7, 11) is 0. The highest BCUT2D eigenvalue weighted by Gasteiger charge is 2.30. The summed E-state index contributed by atoms with van der Waals surface area (Å²) in [5.74, 6) is -0.836. The molecular formula is C29H36N12O4. The molecular weight excluding hydrogens is 580 g/mol. The van der Waals surface area contributed by atoms with Crippen LogP contribution in [0.25, 0.3) is 22.1 Å². The summed E-state index contributed by atoms with van der Waals surface area (Å²) < 4.78 is 7.10. The number of nitrogens with zero attached hydrogens (tertiary/aromatic N) is 8. The molecule has 45 heavy (non-hydrogen) atoms. The number of nitrogens with two attached hydrogens (primary N) is 2. The maximum atomic E-state index is 13.3. The van der Waals surface area contributed by atoms with Crippen molar-refractivity contribution >= 4 is 51.8 Å². The standard InChI is InChI=1S/C29H36N12O4/c30-9-12-39-15-13-38(14-16-39)10-4-8-22(42)40-11-3-5-19(17-40)41-26-23(25(31)32-18-33-26)24(37-41)27(43)35-28(44)36-29-34-20-6-1-2-7-21(20)45-29/h1-2,4,6-8,18-19H,3,5,9-17,30H2,(H2,31,32,33)(H2,34,35,36,43,44)/t19-/m1/s1. The first-order valence-corrected chi connectivity index (χ1v) is 15.0. The van der Waals surface area contributed by atoms with E-state index < -0.39 is 11.9 Å². The monoisotopic (exact) mass is 616 g/mol. The Labute approximate surface area is 258 Å². The number of piperazine rings is 1. The number of imide groups is 1. The zero-order valence-corrected chi connectivity index (χ0v) is 24.8. The molecule has 2 aliphatic heterocycles. The Balaban J connectivity index is 1.11. The van der Waals surface area contributed by atoms with Gasteiger partial charge in [0.25, 0.3) is 5.91 Å². The van der Waals surface area contributed by atoms with Gasteiger partial charge in [0, 0.05) is 65.0 Å². The molecule has 6 N–H and O–H groups in total. The molecule has 5 heterocycles. The summed E-state index contributed by atoms with van der Waals surface area (Å²) in [4.78, 5) is 58.0. The van der Waals surface area contributed by atoms with Crippen molar-refractivity contribution in [1.82, 2.24) is 44.7 Å². The lowest BCUT2D eigenvalue weighted by molar-refractivity contribution is -0.127. The van der Waals surface area contributed by atoms with Crippen molar-refractivity contribution in [2.75, 3.05) is 70.0 Å². The number of piperidine rings is 1. The normalized spacial score (nSPS) is 18.2. The van der Waals surface area contributed by atoms with Crippen LogP contribution in [0.2, 0.25) is 0 Å². The van der Waals surface area contributed by atoms with Gasteiger partial charge in [-0.2, -0.15) is 10.1 Å². The van der Waals surface area contributed by atoms with E-state index in [-0.39, 0.29) is 34.9 Å². The molecule has 3 aromatic heterocycles. The van der Waals surface area contributed by atoms with Gasteiger partial charge >= 0.3 is 12.0 Å². The van der Waals surface area contributed by atoms with Gasteiger partial charge < -0.3 is 20.8 Å². The molecule has 16 nitrogen and oxygen atoms in total. The third-order valence-corrected chi connectivity index (χ3v) is 8.06. The number of rotatable bonds is 8. The van der Waals surface area contributed by atoms with Crippen molar-refractivity contribution in [1.29, 1.82) is 0 Å². The number of anilines is 2. The number of nitrogen functional groups attached to an aromatic ring is 1. The minimum absolute atomic E-state index is 0.0475.